The first-order valence-electron chi connectivity index (χ1n) is 18.7. The maximum absolute atomic E-state index is 13.8. The van der Waals surface area contributed by atoms with Crippen LogP contribution in [0.5, 0.6) is 28.7 Å². The lowest BCUT2D eigenvalue weighted by atomic mass is 9.90. The molecule has 1 aliphatic carbocycles. The van der Waals surface area contributed by atoms with Gasteiger partial charge in [0.1, 0.15) is 5.75 Å². The van der Waals surface area contributed by atoms with E-state index in [0.717, 1.165) is 67.5 Å². The number of hydrazine groups is 1. The summed E-state index contributed by atoms with van der Waals surface area (Å²) in [6.07, 6.45) is 6.81. The van der Waals surface area contributed by atoms with E-state index in [-0.39, 0.29) is 23.3 Å². The number of amides is 2. The van der Waals surface area contributed by atoms with Crippen LogP contribution in [0.1, 0.15) is 78.1 Å². The number of rotatable bonds is 12. The number of nitrogens with one attached hydrogen (secondary N) is 1. The number of hydrogen-bond acceptors (Lipinski definition) is 11. The molecule has 1 unspecified atom stereocenters. The molecule has 3 atom stereocenters. The second kappa shape index (κ2) is 13.9. The summed E-state index contributed by atoms with van der Waals surface area (Å²) < 4.78 is 28.9. The second-order valence-corrected chi connectivity index (χ2v) is 15.4. The molecule has 2 amide bonds. The Labute approximate surface area is 315 Å². The SMILES string of the molecule is COc1ccc(C2=CN3C(=O)c4cc(OC)c(OCCCCCOc5cc6c(cc5OC)C(=O)N5CC7(CC7)C[C@@]5(C)[C@@H](O)N6N)cc4NCC3C2)cc1. The molecule has 1 saturated carbocycles. The highest BCUT2D eigenvalue weighted by molar-refractivity contribution is 6.03. The van der Waals surface area contributed by atoms with Crippen LogP contribution in [0.15, 0.2) is 54.7 Å². The van der Waals surface area contributed by atoms with Crippen molar-refractivity contribution in [2.45, 2.75) is 69.7 Å². The normalized spacial score (nSPS) is 23.4. The maximum atomic E-state index is 13.8. The van der Waals surface area contributed by atoms with Crippen molar-refractivity contribution in [3.05, 3.63) is 71.4 Å². The highest BCUT2D eigenvalue weighted by atomic mass is 16.5. The molecule has 5 aliphatic rings. The standard InChI is InChI=1S/C41H49N5O8/c1-40-23-41(12-13-41)24-45(40)38(48)30-18-34(52-4)36(20-32(30)46(42)39(40)49)54-15-7-5-6-14-53-35-19-31-29(17-33(35)51-3)37(47)44-22-26(16-27(44)21-43-31)25-8-10-28(50-2)11-9-25/h8-11,17-20,22,27,39,43,49H,5-7,12-16,21,23-24,42H2,1-4H3/t27?,39-,40+/m1/s1. The van der Waals surface area contributed by atoms with Gasteiger partial charge in [0.2, 0.25) is 0 Å². The molecule has 13 nitrogen and oxygen atoms in total. The number of carbonyl (C=O) groups excluding carboxylic acids is 2. The van der Waals surface area contributed by atoms with Gasteiger partial charge in [0.05, 0.1) is 68.6 Å². The van der Waals surface area contributed by atoms with E-state index < -0.39 is 11.8 Å². The van der Waals surface area contributed by atoms with Crippen molar-refractivity contribution in [2.75, 3.05) is 58.0 Å². The summed E-state index contributed by atoms with van der Waals surface area (Å²) in [5.74, 6) is 9.03. The predicted octanol–water partition coefficient (Wildman–Crippen LogP) is 5.42. The number of aliphatic hydroxyl groups excluding tert-OH is 1. The Bertz CT molecular complexity index is 1980. The molecule has 0 aromatic heterocycles. The molecular formula is C41H49N5O8. The van der Waals surface area contributed by atoms with Crippen molar-refractivity contribution in [3.8, 4) is 28.7 Å². The van der Waals surface area contributed by atoms with Crippen LogP contribution >= 0.6 is 0 Å². The molecule has 8 rings (SSSR count). The summed E-state index contributed by atoms with van der Waals surface area (Å²) in [6, 6.07) is 14.9. The van der Waals surface area contributed by atoms with E-state index in [2.05, 4.69) is 5.32 Å². The predicted molar refractivity (Wildman–Crippen MR) is 203 cm³/mol. The quantitative estimate of drug-likeness (QED) is 0.162. The molecule has 3 aromatic carbocycles. The Morgan fingerprint density at radius 3 is 2.17 bits per heavy atom. The molecule has 1 spiro atoms. The van der Waals surface area contributed by atoms with Crippen molar-refractivity contribution in [1.82, 2.24) is 9.80 Å². The average Bonchev–Trinajstić information content (AvgIpc) is 3.73. The number of aliphatic hydroxyl groups is 1. The van der Waals surface area contributed by atoms with Gasteiger partial charge in [-0.3, -0.25) is 14.6 Å². The van der Waals surface area contributed by atoms with Crippen molar-refractivity contribution in [3.63, 3.8) is 0 Å². The van der Waals surface area contributed by atoms with E-state index in [9.17, 15) is 14.7 Å². The Morgan fingerprint density at radius 1 is 0.852 bits per heavy atom. The number of anilines is 2. The number of ether oxygens (including phenoxy) is 5. The molecule has 3 aromatic rings. The summed E-state index contributed by atoms with van der Waals surface area (Å²) in [6.45, 7) is 4.01. The van der Waals surface area contributed by atoms with Gasteiger partial charge in [-0.1, -0.05) is 12.1 Å². The number of carbonyl (C=O) groups is 2. The first kappa shape index (κ1) is 35.9. The van der Waals surface area contributed by atoms with Gasteiger partial charge in [-0.15, -0.1) is 0 Å². The van der Waals surface area contributed by atoms with E-state index in [1.807, 2.05) is 48.4 Å². The molecule has 0 bridgehead atoms. The van der Waals surface area contributed by atoms with Gasteiger partial charge in [0.15, 0.2) is 29.2 Å². The fourth-order valence-electron chi connectivity index (χ4n) is 8.59. The minimum atomic E-state index is -1.06. The number of unbranched alkanes of at least 4 members (excludes halogenated alkanes) is 2. The van der Waals surface area contributed by atoms with Crippen LogP contribution in [0, 0.1) is 5.41 Å². The van der Waals surface area contributed by atoms with Crippen LogP contribution in [0.4, 0.5) is 11.4 Å². The zero-order valence-corrected chi connectivity index (χ0v) is 31.4. The Morgan fingerprint density at radius 2 is 1.52 bits per heavy atom. The number of nitrogens with zero attached hydrogens (tertiary/aromatic N) is 3. The molecular weight excluding hydrogens is 690 g/mol. The molecule has 54 heavy (non-hydrogen) atoms. The van der Waals surface area contributed by atoms with Gasteiger partial charge >= 0.3 is 0 Å². The maximum Gasteiger partial charge on any atom is 0.260 e. The van der Waals surface area contributed by atoms with Crippen molar-refractivity contribution in [2.24, 2.45) is 11.3 Å². The highest BCUT2D eigenvalue weighted by Gasteiger charge is 2.62. The van der Waals surface area contributed by atoms with Crippen molar-refractivity contribution >= 4 is 28.8 Å². The van der Waals surface area contributed by atoms with Crippen LogP contribution in [-0.4, -0.2) is 92.2 Å². The first-order chi connectivity index (χ1) is 26.1. The van der Waals surface area contributed by atoms with Crippen LogP contribution < -0.4 is 39.9 Å². The summed E-state index contributed by atoms with van der Waals surface area (Å²) in [5.41, 5.74) is 3.55. The van der Waals surface area contributed by atoms with E-state index in [0.29, 0.717) is 66.1 Å². The number of methoxy groups -OCH3 is 3. The molecule has 0 radical (unpaired) electrons. The fraction of sp³-hybridized carbons (Fsp3) is 0.463. The number of fused-ring (bicyclic) bond motifs is 4. The van der Waals surface area contributed by atoms with Crippen LogP contribution in [0.2, 0.25) is 0 Å². The van der Waals surface area contributed by atoms with Gasteiger partial charge in [-0.25, -0.2) is 5.84 Å². The minimum absolute atomic E-state index is 0.00954. The van der Waals surface area contributed by atoms with Crippen molar-refractivity contribution in [1.29, 1.82) is 0 Å². The molecule has 4 aliphatic heterocycles. The zero-order valence-electron chi connectivity index (χ0n) is 31.4. The monoisotopic (exact) mass is 739 g/mol. The van der Waals surface area contributed by atoms with Gasteiger partial charge in [-0.05, 0) is 92.7 Å². The third-order valence-electron chi connectivity index (χ3n) is 11.9. The smallest absolute Gasteiger partial charge is 0.260 e. The van der Waals surface area contributed by atoms with Crippen LogP contribution in [0.3, 0.4) is 0 Å². The largest absolute Gasteiger partial charge is 0.497 e. The van der Waals surface area contributed by atoms with Gasteiger partial charge in [0, 0.05) is 31.4 Å². The molecule has 1 saturated heterocycles. The number of hydrogen-bond donors (Lipinski definition) is 3. The minimum Gasteiger partial charge on any atom is -0.497 e. The summed E-state index contributed by atoms with van der Waals surface area (Å²) in [5, 5.41) is 16.2. The lowest BCUT2D eigenvalue weighted by Crippen LogP contribution is -2.59. The summed E-state index contributed by atoms with van der Waals surface area (Å²) in [7, 11) is 4.77. The van der Waals surface area contributed by atoms with Crippen molar-refractivity contribution < 1.29 is 38.4 Å². The van der Waals surface area contributed by atoms with Gasteiger partial charge < -0.3 is 43.9 Å². The molecule has 2 fully saturated rings. The second-order valence-electron chi connectivity index (χ2n) is 15.4. The third kappa shape index (κ3) is 6.22. The highest BCUT2D eigenvalue weighted by Crippen LogP contribution is 2.60. The third-order valence-corrected chi connectivity index (χ3v) is 11.9. The molecule has 286 valence electrons. The lowest BCUT2D eigenvalue weighted by Gasteiger charge is -2.39. The first-order valence-corrected chi connectivity index (χ1v) is 18.7. The summed E-state index contributed by atoms with van der Waals surface area (Å²) in [4.78, 5) is 31.2. The number of benzene rings is 3. The number of nitrogens with two attached hydrogens (primary N) is 1. The topological polar surface area (TPSA) is 148 Å². The molecule has 4 N–H and O–H groups in total. The Kier molecular flexibility index (Phi) is 9.25. The van der Waals surface area contributed by atoms with Crippen LogP contribution in [0.25, 0.3) is 5.57 Å². The van der Waals surface area contributed by atoms with E-state index in [1.165, 1.54) is 5.01 Å². The van der Waals surface area contributed by atoms with Crippen LogP contribution in [-0.2, 0) is 0 Å². The Hall–Kier alpha value is -5.14. The zero-order chi connectivity index (χ0) is 37.8. The Balaban J connectivity index is 0.863. The lowest BCUT2D eigenvalue weighted by molar-refractivity contribution is 0.00878. The fourth-order valence-corrected chi connectivity index (χ4v) is 8.59. The average molecular weight is 740 g/mol. The van der Waals surface area contributed by atoms with Gasteiger partial charge in [0.25, 0.3) is 11.8 Å². The molecule has 4 heterocycles. The molecule has 13 heteroatoms. The summed E-state index contributed by atoms with van der Waals surface area (Å²) >= 11 is 0. The van der Waals surface area contributed by atoms with E-state index >= 15 is 0 Å². The van der Waals surface area contributed by atoms with Gasteiger partial charge in [-0.2, -0.15) is 0 Å². The van der Waals surface area contributed by atoms with E-state index in [4.69, 9.17) is 29.5 Å². The van der Waals surface area contributed by atoms with E-state index in [1.54, 1.807) is 44.4 Å².